The third kappa shape index (κ3) is 3.12. The highest BCUT2D eigenvalue weighted by Gasteiger charge is 2.15. The number of carbonyl (C=O) groups excluding carboxylic acids is 1. The summed E-state index contributed by atoms with van der Waals surface area (Å²) in [6, 6.07) is 9.62. The summed E-state index contributed by atoms with van der Waals surface area (Å²) in [5, 5.41) is 0. The van der Waals surface area contributed by atoms with Crippen LogP contribution in [0.3, 0.4) is 0 Å². The summed E-state index contributed by atoms with van der Waals surface area (Å²) in [5.41, 5.74) is 6.61. The first kappa shape index (κ1) is 14.0. The van der Waals surface area contributed by atoms with Gasteiger partial charge in [-0.1, -0.05) is 12.1 Å². The zero-order chi connectivity index (χ0) is 14.7. The Hall–Kier alpha value is -2.43. The van der Waals surface area contributed by atoms with E-state index in [0.717, 1.165) is 6.07 Å². The van der Waals surface area contributed by atoms with Crippen molar-refractivity contribution in [1.82, 2.24) is 4.90 Å². The Kier molecular flexibility index (Phi) is 3.98. The van der Waals surface area contributed by atoms with Crippen molar-refractivity contribution < 1.29 is 13.6 Å². The van der Waals surface area contributed by atoms with Crippen molar-refractivity contribution in [2.75, 3.05) is 12.8 Å². The molecule has 104 valence electrons. The molecule has 1 amide bonds. The molecule has 2 aromatic carbocycles. The second-order valence-corrected chi connectivity index (χ2v) is 4.52. The second-order valence-electron chi connectivity index (χ2n) is 4.52. The van der Waals surface area contributed by atoms with Crippen molar-refractivity contribution in [3.05, 3.63) is 65.2 Å². The molecule has 5 heteroatoms. The average Bonchev–Trinajstić information content (AvgIpc) is 2.38. The molecule has 0 radical (unpaired) electrons. The van der Waals surface area contributed by atoms with Crippen molar-refractivity contribution in [3.63, 3.8) is 0 Å². The molecule has 0 aliphatic heterocycles. The Morgan fingerprint density at radius 2 is 1.85 bits per heavy atom. The Morgan fingerprint density at radius 3 is 2.50 bits per heavy atom. The fourth-order valence-electron chi connectivity index (χ4n) is 1.91. The molecule has 0 aromatic heterocycles. The predicted molar refractivity (Wildman–Crippen MR) is 73.0 cm³/mol. The standard InChI is InChI=1S/C15H14F2N2O/c1-19(9-10-3-2-4-11(16)7-10)15(20)13-6-5-12(17)8-14(13)18/h2-8H,9,18H2,1H3. The minimum atomic E-state index is -0.494. The zero-order valence-electron chi connectivity index (χ0n) is 10.9. The molecule has 3 nitrogen and oxygen atoms in total. The van der Waals surface area contributed by atoms with Crippen molar-refractivity contribution in [1.29, 1.82) is 0 Å². The molecule has 0 aliphatic rings. The third-order valence-electron chi connectivity index (χ3n) is 2.90. The highest BCUT2D eigenvalue weighted by Crippen LogP contribution is 2.16. The minimum absolute atomic E-state index is 0.0843. The molecule has 20 heavy (non-hydrogen) atoms. The number of halogens is 2. The highest BCUT2D eigenvalue weighted by atomic mass is 19.1. The van der Waals surface area contributed by atoms with E-state index in [1.807, 2.05) is 0 Å². The van der Waals surface area contributed by atoms with Gasteiger partial charge in [0.2, 0.25) is 0 Å². The number of nitrogens with zero attached hydrogens (tertiary/aromatic N) is 1. The van der Waals surface area contributed by atoms with Crippen LogP contribution in [0.4, 0.5) is 14.5 Å². The van der Waals surface area contributed by atoms with Crippen LogP contribution in [0.2, 0.25) is 0 Å². The molecule has 0 spiro atoms. The van der Waals surface area contributed by atoms with Gasteiger partial charge in [0.25, 0.3) is 5.91 Å². The molecular weight excluding hydrogens is 262 g/mol. The summed E-state index contributed by atoms with van der Waals surface area (Å²) in [7, 11) is 1.58. The van der Waals surface area contributed by atoms with Gasteiger partial charge in [0, 0.05) is 19.3 Å². The molecule has 0 unspecified atom stereocenters. The van der Waals surface area contributed by atoms with Gasteiger partial charge in [0.15, 0.2) is 0 Å². The molecule has 0 aliphatic carbocycles. The van der Waals surface area contributed by atoms with Crippen LogP contribution >= 0.6 is 0 Å². The number of carbonyl (C=O) groups is 1. The fourth-order valence-corrected chi connectivity index (χ4v) is 1.91. The molecule has 0 saturated carbocycles. The molecule has 0 bridgehead atoms. The van der Waals surface area contributed by atoms with E-state index in [1.54, 1.807) is 19.2 Å². The maximum atomic E-state index is 13.1. The topological polar surface area (TPSA) is 46.3 Å². The molecule has 0 atom stereocenters. The van der Waals surface area contributed by atoms with Gasteiger partial charge in [-0.25, -0.2) is 8.78 Å². The van der Waals surface area contributed by atoms with Gasteiger partial charge in [0.1, 0.15) is 11.6 Å². The van der Waals surface area contributed by atoms with Gasteiger partial charge in [-0.2, -0.15) is 0 Å². The van der Waals surface area contributed by atoms with E-state index in [2.05, 4.69) is 0 Å². The highest BCUT2D eigenvalue weighted by molar-refractivity contribution is 5.98. The maximum absolute atomic E-state index is 13.1. The molecule has 2 rings (SSSR count). The van der Waals surface area contributed by atoms with Crippen molar-refractivity contribution >= 4 is 11.6 Å². The van der Waals surface area contributed by atoms with Gasteiger partial charge in [-0.15, -0.1) is 0 Å². The number of anilines is 1. The predicted octanol–water partition coefficient (Wildman–Crippen LogP) is 2.82. The summed E-state index contributed by atoms with van der Waals surface area (Å²) >= 11 is 0. The Bertz CT molecular complexity index is 644. The largest absolute Gasteiger partial charge is 0.398 e. The maximum Gasteiger partial charge on any atom is 0.255 e. The van der Waals surface area contributed by atoms with E-state index in [-0.39, 0.29) is 29.5 Å². The van der Waals surface area contributed by atoms with Crippen molar-refractivity contribution in [2.24, 2.45) is 0 Å². The lowest BCUT2D eigenvalue weighted by atomic mass is 10.1. The summed E-state index contributed by atoms with van der Waals surface area (Å²) in [6.07, 6.45) is 0. The van der Waals surface area contributed by atoms with Crippen LogP contribution in [0.25, 0.3) is 0 Å². The van der Waals surface area contributed by atoms with Gasteiger partial charge in [0.05, 0.1) is 5.56 Å². The lowest BCUT2D eigenvalue weighted by molar-refractivity contribution is 0.0786. The van der Waals surface area contributed by atoms with E-state index >= 15 is 0 Å². The first-order valence-corrected chi connectivity index (χ1v) is 6.02. The van der Waals surface area contributed by atoms with Gasteiger partial charge < -0.3 is 10.6 Å². The smallest absolute Gasteiger partial charge is 0.255 e. The number of rotatable bonds is 3. The molecular formula is C15H14F2N2O. The van der Waals surface area contributed by atoms with Crippen LogP contribution in [0.5, 0.6) is 0 Å². The lowest BCUT2D eigenvalue weighted by Crippen LogP contribution is -2.27. The van der Waals surface area contributed by atoms with Crippen LogP contribution in [-0.2, 0) is 6.54 Å². The summed E-state index contributed by atoms with van der Waals surface area (Å²) < 4.78 is 26.0. The normalized spacial score (nSPS) is 10.3. The van der Waals surface area contributed by atoms with Gasteiger partial charge >= 0.3 is 0 Å². The van der Waals surface area contributed by atoms with E-state index in [0.29, 0.717) is 5.56 Å². The molecule has 2 N–H and O–H groups in total. The van der Waals surface area contributed by atoms with E-state index in [9.17, 15) is 13.6 Å². The average molecular weight is 276 g/mol. The number of nitrogen functional groups attached to an aromatic ring is 1. The lowest BCUT2D eigenvalue weighted by Gasteiger charge is -2.18. The van der Waals surface area contributed by atoms with E-state index in [1.165, 1.54) is 29.2 Å². The third-order valence-corrected chi connectivity index (χ3v) is 2.90. The van der Waals surface area contributed by atoms with Crippen molar-refractivity contribution in [2.45, 2.75) is 6.54 Å². The first-order chi connectivity index (χ1) is 9.47. The number of nitrogens with two attached hydrogens (primary N) is 1. The number of hydrogen-bond donors (Lipinski definition) is 1. The number of amides is 1. The number of benzene rings is 2. The summed E-state index contributed by atoms with van der Waals surface area (Å²) in [4.78, 5) is 13.6. The van der Waals surface area contributed by atoms with Crippen molar-refractivity contribution in [3.8, 4) is 0 Å². The molecule has 2 aromatic rings. The number of hydrogen-bond acceptors (Lipinski definition) is 2. The summed E-state index contributed by atoms with van der Waals surface area (Å²) in [5.74, 6) is -1.19. The molecule has 0 fully saturated rings. The second kappa shape index (κ2) is 5.69. The Morgan fingerprint density at radius 1 is 1.15 bits per heavy atom. The fraction of sp³-hybridized carbons (Fsp3) is 0.133. The quantitative estimate of drug-likeness (QED) is 0.876. The van der Waals surface area contributed by atoms with Gasteiger partial charge in [-0.3, -0.25) is 4.79 Å². The first-order valence-electron chi connectivity index (χ1n) is 6.02. The van der Waals surface area contributed by atoms with Crippen LogP contribution in [0.1, 0.15) is 15.9 Å². The molecule has 0 saturated heterocycles. The Labute approximate surface area is 115 Å². The Balaban J connectivity index is 2.16. The SMILES string of the molecule is CN(Cc1cccc(F)c1)C(=O)c1ccc(F)cc1N. The zero-order valence-corrected chi connectivity index (χ0v) is 10.9. The minimum Gasteiger partial charge on any atom is -0.398 e. The molecule has 0 heterocycles. The van der Waals surface area contributed by atoms with Gasteiger partial charge in [-0.05, 0) is 35.9 Å². The van der Waals surface area contributed by atoms with Crippen LogP contribution in [0, 0.1) is 11.6 Å². The summed E-state index contributed by atoms with van der Waals surface area (Å²) in [6.45, 7) is 0.243. The van der Waals surface area contributed by atoms with E-state index < -0.39 is 5.82 Å². The van der Waals surface area contributed by atoms with Crippen LogP contribution in [-0.4, -0.2) is 17.9 Å². The van der Waals surface area contributed by atoms with Crippen LogP contribution < -0.4 is 5.73 Å². The van der Waals surface area contributed by atoms with Crippen LogP contribution in [0.15, 0.2) is 42.5 Å². The van der Waals surface area contributed by atoms with E-state index in [4.69, 9.17) is 5.73 Å². The monoisotopic (exact) mass is 276 g/mol.